The lowest BCUT2D eigenvalue weighted by Gasteiger charge is -2.05. The maximum Gasteiger partial charge on any atom is 0.0431 e. The van der Waals surface area contributed by atoms with Crippen LogP contribution >= 0.6 is 31.9 Å². The molecule has 0 heterocycles. The van der Waals surface area contributed by atoms with Gasteiger partial charge in [0.25, 0.3) is 0 Å². The first-order valence-electron chi connectivity index (χ1n) is 14.2. The van der Waals surface area contributed by atoms with Crippen LogP contribution in [-0.2, 0) is 25.7 Å². The first-order valence-corrected chi connectivity index (χ1v) is 16.5. The van der Waals surface area contributed by atoms with Crippen molar-refractivity contribution in [3.63, 3.8) is 0 Å². The van der Waals surface area contributed by atoms with Crippen LogP contribution in [0.3, 0.4) is 0 Å². The Morgan fingerprint density at radius 2 is 0.722 bits per heavy atom. The van der Waals surface area contributed by atoms with Gasteiger partial charge in [0.2, 0.25) is 0 Å². The summed E-state index contributed by atoms with van der Waals surface area (Å²) < 4.78 is 0. The van der Waals surface area contributed by atoms with Gasteiger partial charge in [-0.3, -0.25) is 0 Å². The molecule has 0 saturated heterocycles. The zero-order chi connectivity index (χ0) is 26.1. The molecule has 204 valence electrons. The lowest BCUT2D eigenvalue weighted by Crippen LogP contribution is -1.92. The molecule has 2 aromatic rings. The molecular formula is C32H50Br2O2. The number of halogens is 2. The van der Waals surface area contributed by atoms with Gasteiger partial charge in [0, 0.05) is 23.9 Å². The van der Waals surface area contributed by atoms with Gasteiger partial charge >= 0.3 is 0 Å². The molecule has 0 spiro atoms. The fourth-order valence-electron chi connectivity index (χ4n) is 4.32. The summed E-state index contributed by atoms with van der Waals surface area (Å²) in [7, 11) is 0. The third kappa shape index (κ3) is 18.5. The van der Waals surface area contributed by atoms with E-state index in [0.29, 0.717) is 13.2 Å². The van der Waals surface area contributed by atoms with Crippen molar-refractivity contribution in [2.75, 3.05) is 23.9 Å². The van der Waals surface area contributed by atoms with E-state index in [1.165, 1.54) is 73.6 Å². The lowest BCUT2D eigenvalue weighted by atomic mass is 10.0. The second kappa shape index (κ2) is 24.6. The van der Waals surface area contributed by atoms with Gasteiger partial charge in [0.1, 0.15) is 0 Å². The zero-order valence-electron chi connectivity index (χ0n) is 22.4. The van der Waals surface area contributed by atoms with E-state index in [1.807, 2.05) is 0 Å². The van der Waals surface area contributed by atoms with Gasteiger partial charge in [-0.15, -0.1) is 0 Å². The van der Waals surface area contributed by atoms with E-state index in [1.54, 1.807) is 0 Å². The van der Waals surface area contributed by atoms with Crippen molar-refractivity contribution < 1.29 is 10.2 Å². The van der Waals surface area contributed by atoms with Crippen molar-refractivity contribution >= 4 is 31.9 Å². The molecule has 0 aliphatic carbocycles. The second-order valence-electron chi connectivity index (χ2n) is 9.71. The Kier molecular flexibility index (Phi) is 22.8. The number of aliphatic hydroxyl groups is 2. The minimum absolute atomic E-state index is 0.310. The fourth-order valence-corrected chi connectivity index (χ4v) is 5.11. The Balaban J connectivity index is 0.000000360. The molecule has 0 fully saturated rings. The summed E-state index contributed by atoms with van der Waals surface area (Å²) in [5.74, 6) is 0. The SMILES string of the molecule is BrCCCCCc1cccc(CCCCCBr)c1.OCCCCCc1cccc(CCCCCO)c1. The molecule has 0 aliphatic rings. The maximum absolute atomic E-state index is 8.73. The molecule has 0 unspecified atom stereocenters. The molecule has 0 aromatic heterocycles. The van der Waals surface area contributed by atoms with Crippen LogP contribution in [0.2, 0.25) is 0 Å². The number of aryl methyl sites for hydroxylation is 4. The summed E-state index contributed by atoms with van der Waals surface area (Å²) in [5, 5.41) is 19.7. The van der Waals surface area contributed by atoms with Gasteiger partial charge < -0.3 is 10.2 Å². The number of hydrogen-bond acceptors (Lipinski definition) is 2. The minimum atomic E-state index is 0.310. The molecule has 2 nitrogen and oxygen atoms in total. The third-order valence-corrected chi connectivity index (χ3v) is 7.55. The van der Waals surface area contributed by atoms with Crippen LogP contribution < -0.4 is 0 Å². The normalized spacial score (nSPS) is 10.8. The first-order chi connectivity index (χ1) is 17.7. The smallest absolute Gasteiger partial charge is 0.0431 e. The fraction of sp³-hybridized carbons (Fsp3) is 0.625. The lowest BCUT2D eigenvalue weighted by molar-refractivity contribution is 0.283. The Labute approximate surface area is 238 Å². The van der Waals surface area contributed by atoms with Crippen molar-refractivity contribution in [1.29, 1.82) is 0 Å². The van der Waals surface area contributed by atoms with E-state index < -0.39 is 0 Å². The van der Waals surface area contributed by atoms with E-state index in [9.17, 15) is 0 Å². The number of aliphatic hydroxyl groups excluding tert-OH is 2. The predicted molar refractivity (Wildman–Crippen MR) is 165 cm³/mol. The van der Waals surface area contributed by atoms with Gasteiger partial charge in [-0.05, 0) is 99.3 Å². The Morgan fingerprint density at radius 1 is 0.417 bits per heavy atom. The molecule has 0 saturated carbocycles. The van der Waals surface area contributed by atoms with Crippen LogP contribution in [0.4, 0.5) is 0 Å². The van der Waals surface area contributed by atoms with Crippen LogP contribution in [0.1, 0.15) is 99.3 Å². The molecule has 0 radical (unpaired) electrons. The average molecular weight is 627 g/mol. The summed E-state index contributed by atoms with van der Waals surface area (Å²) in [4.78, 5) is 0. The summed E-state index contributed by atoms with van der Waals surface area (Å²) >= 11 is 6.97. The molecule has 0 atom stereocenters. The van der Waals surface area contributed by atoms with Gasteiger partial charge in [-0.1, -0.05) is 106 Å². The Morgan fingerprint density at radius 3 is 1.00 bits per heavy atom. The standard InChI is InChI=1S/C16H24Br2.C16H26O2/c2*17-12-5-1-3-8-15-10-7-11-16(14-15)9-4-2-6-13-18/h7,10-11,14H,1-6,8-9,12-13H2;7,10-11,14,17-18H,1-6,8-9,12-13H2. The molecule has 2 aromatic carbocycles. The highest BCUT2D eigenvalue weighted by atomic mass is 79.9. The maximum atomic E-state index is 8.73. The van der Waals surface area contributed by atoms with E-state index >= 15 is 0 Å². The summed E-state index contributed by atoms with van der Waals surface area (Å²) in [5.41, 5.74) is 5.85. The zero-order valence-corrected chi connectivity index (χ0v) is 25.6. The Bertz CT molecular complexity index is 632. The van der Waals surface area contributed by atoms with Crippen molar-refractivity contribution in [3.05, 3.63) is 70.8 Å². The highest BCUT2D eigenvalue weighted by Gasteiger charge is 1.99. The summed E-state index contributed by atoms with van der Waals surface area (Å²) in [6.07, 6.45) is 19.0. The molecule has 2 rings (SSSR count). The number of unbranched alkanes of at least 4 members (excludes halogenated alkanes) is 8. The summed E-state index contributed by atoms with van der Waals surface area (Å²) in [6, 6.07) is 18.0. The molecule has 0 aliphatic heterocycles. The minimum Gasteiger partial charge on any atom is -0.396 e. The van der Waals surface area contributed by atoms with E-state index in [-0.39, 0.29) is 0 Å². The molecule has 0 amide bonds. The molecule has 2 N–H and O–H groups in total. The monoisotopic (exact) mass is 624 g/mol. The van der Waals surface area contributed by atoms with Crippen LogP contribution in [0.15, 0.2) is 48.5 Å². The first kappa shape index (κ1) is 33.3. The van der Waals surface area contributed by atoms with Crippen molar-refractivity contribution in [3.8, 4) is 0 Å². The van der Waals surface area contributed by atoms with Crippen LogP contribution in [0.25, 0.3) is 0 Å². The highest BCUT2D eigenvalue weighted by molar-refractivity contribution is 9.09. The average Bonchev–Trinajstić information content (AvgIpc) is 2.91. The topological polar surface area (TPSA) is 40.5 Å². The van der Waals surface area contributed by atoms with Crippen molar-refractivity contribution in [1.82, 2.24) is 0 Å². The van der Waals surface area contributed by atoms with Crippen molar-refractivity contribution in [2.24, 2.45) is 0 Å². The molecule has 4 heteroatoms. The predicted octanol–water partition coefficient (Wildman–Crippen LogP) is 9.00. The second-order valence-corrected chi connectivity index (χ2v) is 11.3. The van der Waals surface area contributed by atoms with Crippen molar-refractivity contribution in [2.45, 2.75) is 103 Å². The molecule has 36 heavy (non-hydrogen) atoms. The van der Waals surface area contributed by atoms with Crippen LogP contribution in [-0.4, -0.2) is 34.1 Å². The van der Waals surface area contributed by atoms with E-state index in [4.69, 9.17) is 10.2 Å². The number of alkyl halides is 2. The third-order valence-electron chi connectivity index (χ3n) is 6.43. The highest BCUT2D eigenvalue weighted by Crippen LogP contribution is 2.14. The van der Waals surface area contributed by atoms with Gasteiger partial charge in [-0.2, -0.15) is 0 Å². The molecule has 0 bridgehead atoms. The number of hydrogen-bond donors (Lipinski definition) is 2. The van der Waals surface area contributed by atoms with Gasteiger partial charge in [0.05, 0.1) is 0 Å². The van der Waals surface area contributed by atoms with Gasteiger partial charge in [0.15, 0.2) is 0 Å². The summed E-state index contributed by atoms with van der Waals surface area (Å²) in [6.45, 7) is 0.621. The van der Waals surface area contributed by atoms with Crippen LogP contribution in [0, 0.1) is 0 Å². The van der Waals surface area contributed by atoms with Crippen LogP contribution in [0.5, 0.6) is 0 Å². The van der Waals surface area contributed by atoms with E-state index in [0.717, 1.165) is 62.0 Å². The Hall–Kier alpha value is -0.680. The largest absolute Gasteiger partial charge is 0.396 e. The quantitative estimate of drug-likeness (QED) is 0.114. The molecular weight excluding hydrogens is 576 g/mol. The van der Waals surface area contributed by atoms with E-state index in [2.05, 4.69) is 80.4 Å². The van der Waals surface area contributed by atoms with Gasteiger partial charge in [-0.25, -0.2) is 0 Å². The number of benzene rings is 2. The number of rotatable bonds is 20.